The van der Waals surface area contributed by atoms with Gasteiger partial charge in [0.25, 0.3) is 0 Å². The number of benzene rings is 5. The third-order valence-corrected chi connectivity index (χ3v) is 9.54. The van der Waals surface area contributed by atoms with E-state index in [1.165, 1.54) is 5.39 Å². The molecule has 6 heteroatoms. The lowest BCUT2D eigenvalue weighted by Crippen LogP contribution is -2.11. The van der Waals surface area contributed by atoms with Gasteiger partial charge in [0.05, 0.1) is 22.1 Å². The molecule has 0 fully saturated rings. The zero-order chi connectivity index (χ0) is 29.1. The Balaban J connectivity index is 1.40. The van der Waals surface area contributed by atoms with Gasteiger partial charge in [-0.2, -0.15) is 0 Å². The van der Waals surface area contributed by atoms with Crippen molar-refractivity contribution in [3.8, 4) is 0 Å². The van der Waals surface area contributed by atoms with Crippen molar-refractivity contribution < 1.29 is 0 Å². The van der Waals surface area contributed by atoms with Crippen molar-refractivity contribution in [3.05, 3.63) is 105 Å². The van der Waals surface area contributed by atoms with Crippen LogP contribution in [-0.2, 0) is 20.1 Å². The molecule has 9 aromatic rings. The summed E-state index contributed by atoms with van der Waals surface area (Å²) in [7, 11) is 1.99. The third-order valence-electron chi connectivity index (χ3n) is 9.54. The minimum Gasteiger partial charge on any atom is -0.354 e. The molecular weight excluding hydrogens is 532 g/mol. The molecule has 5 aromatic carbocycles. The lowest BCUT2D eigenvalue weighted by molar-refractivity contribution is 0.827. The predicted molar refractivity (Wildman–Crippen MR) is 180 cm³/mol. The van der Waals surface area contributed by atoms with Gasteiger partial charge in [-0.1, -0.05) is 36.4 Å². The van der Waals surface area contributed by atoms with Gasteiger partial charge in [-0.15, -0.1) is 0 Å². The molecule has 6 nitrogen and oxygen atoms in total. The van der Waals surface area contributed by atoms with E-state index in [2.05, 4.69) is 93.2 Å². The van der Waals surface area contributed by atoms with Crippen molar-refractivity contribution in [3.63, 3.8) is 0 Å². The Morgan fingerprint density at radius 3 is 1.49 bits per heavy atom. The monoisotopic (exact) mass is 560 g/mol. The van der Waals surface area contributed by atoms with E-state index >= 15 is 0 Å². The van der Waals surface area contributed by atoms with E-state index in [-0.39, 0.29) is 10.9 Å². The van der Waals surface area contributed by atoms with E-state index in [1.807, 2.05) is 31.3 Å². The van der Waals surface area contributed by atoms with Crippen LogP contribution in [-0.4, -0.2) is 18.7 Å². The molecule has 0 spiro atoms. The third kappa shape index (κ3) is 3.02. The molecular formula is C37H28N4O2. The Morgan fingerprint density at radius 1 is 0.488 bits per heavy atom. The molecule has 0 aliphatic rings. The summed E-state index contributed by atoms with van der Waals surface area (Å²) in [5, 5.41) is 7.07. The van der Waals surface area contributed by atoms with Crippen LogP contribution >= 0.6 is 0 Å². The van der Waals surface area contributed by atoms with Crippen LogP contribution in [0.25, 0.3) is 87.2 Å². The summed E-state index contributed by atoms with van der Waals surface area (Å²) in [4.78, 5) is 31.7. The summed E-state index contributed by atoms with van der Waals surface area (Å²) >= 11 is 0. The number of hydrogen-bond donors (Lipinski definition) is 1. The fraction of sp³-hybridized carbons (Fsp3) is 0.135. The fourth-order valence-corrected chi connectivity index (χ4v) is 7.51. The minimum atomic E-state index is -0.0329. The first kappa shape index (κ1) is 24.3. The van der Waals surface area contributed by atoms with E-state index in [0.29, 0.717) is 27.1 Å². The maximum atomic E-state index is 14.1. The van der Waals surface area contributed by atoms with Crippen LogP contribution in [0.1, 0.15) is 13.8 Å². The summed E-state index contributed by atoms with van der Waals surface area (Å²) in [5.41, 5.74) is 7.42. The SMILES string of the molecule is CCn1c2ccccc2c2cc3[nH]c4cc5c(=O)c6cc7c(cc6n(C)c5cc4c(=O)c3cc21)c1ccccc1n7CC. The number of nitrogens with zero attached hydrogens (tertiary/aromatic N) is 3. The lowest BCUT2D eigenvalue weighted by atomic mass is 10.0. The van der Waals surface area contributed by atoms with E-state index in [1.54, 1.807) is 0 Å². The number of fused-ring (bicyclic) bond motifs is 10. The van der Waals surface area contributed by atoms with Crippen molar-refractivity contribution >= 4 is 87.2 Å². The molecule has 9 rings (SSSR count). The average molecular weight is 561 g/mol. The summed E-state index contributed by atoms with van der Waals surface area (Å²) in [6, 6.07) is 28.8. The summed E-state index contributed by atoms with van der Waals surface area (Å²) in [6.45, 7) is 5.89. The summed E-state index contributed by atoms with van der Waals surface area (Å²) in [5.74, 6) is 0. The molecule has 0 radical (unpaired) electrons. The fourth-order valence-electron chi connectivity index (χ4n) is 7.51. The number of aryl methyl sites for hydroxylation is 3. The summed E-state index contributed by atoms with van der Waals surface area (Å²) in [6.07, 6.45) is 0. The Bertz CT molecular complexity index is 2810. The molecule has 0 unspecified atom stereocenters. The van der Waals surface area contributed by atoms with Crippen molar-refractivity contribution in [2.24, 2.45) is 7.05 Å². The minimum absolute atomic E-state index is 0.0257. The average Bonchev–Trinajstić information content (AvgIpc) is 3.52. The molecule has 0 atom stereocenters. The quantitative estimate of drug-likeness (QED) is 0.218. The Kier molecular flexibility index (Phi) is 4.71. The molecule has 0 saturated heterocycles. The van der Waals surface area contributed by atoms with Crippen molar-refractivity contribution in [2.45, 2.75) is 26.9 Å². The standard InChI is InChI=1S/C37H28N4O2/c1-4-40-30-12-8-6-10-20(30)22-14-28-25(18-34(22)40)36(42)24-17-33-26(15-29(24)38-28)37(43)27-19-35-23(16-32(27)39(33)3)21-11-7-9-13-31(21)41(35)5-2/h6-19H,4-5H2,1-3H3,(H,38,42). The van der Waals surface area contributed by atoms with E-state index in [9.17, 15) is 9.59 Å². The van der Waals surface area contributed by atoms with Crippen molar-refractivity contribution in [2.75, 3.05) is 0 Å². The van der Waals surface area contributed by atoms with Crippen LogP contribution in [0.15, 0.2) is 94.5 Å². The maximum Gasteiger partial charge on any atom is 0.197 e. The van der Waals surface area contributed by atoms with Crippen molar-refractivity contribution in [1.29, 1.82) is 0 Å². The van der Waals surface area contributed by atoms with Gasteiger partial charge in [0.2, 0.25) is 0 Å². The molecule has 0 saturated carbocycles. The van der Waals surface area contributed by atoms with Gasteiger partial charge in [0.15, 0.2) is 10.9 Å². The number of rotatable bonds is 2. The van der Waals surface area contributed by atoms with E-state index in [0.717, 1.165) is 67.9 Å². The molecule has 1 N–H and O–H groups in total. The molecule has 0 amide bonds. The summed E-state index contributed by atoms with van der Waals surface area (Å²) < 4.78 is 6.60. The van der Waals surface area contributed by atoms with Gasteiger partial charge >= 0.3 is 0 Å². The second kappa shape index (κ2) is 8.35. The molecule has 0 aliphatic heterocycles. The van der Waals surface area contributed by atoms with Crippen LogP contribution in [0, 0.1) is 0 Å². The number of para-hydroxylation sites is 2. The molecule has 0 aliphatic carbocycles. The zero-order valence-corrected chi connectivity index (χ0v) is 24.2. The predicted octanol–water partition coefficient (Wildman–Crippen LogP) is 7.94. The van der Waals surface area contributed by atoms with E-state index < -0.39 is 0 Å². The first-order chi connectivity index (χ1) is 21.0. The Hall–Kier alpha value is -5.36. The van der Waals surface area contributed by atoms with Crippen molar-refractivity contribution in [1.82, 2.24) is 18.7 Å². The van der Waals surface area contributed by atoms with Crippen LogP contribution in [0.4, 0.5) is 0 Å². The first-order valence-electron chi connectivity index (χ1n) is 14.9. The first-order valence-corrected chi connectivity index (χ1v) is 14.9. The second-order valence-corrected chi connectivity index (χ2v) is 11.6. The normalized spacial score (nSPS) is 12.4. The van der Waals surface area contributed by atoms with E-state index in [4.69, 9.17) is 0 Å². The highest BCUT2D eigenvalue weighted by Crippen LogP contribution is 2.34. The number of aromatic amines is 1. The van der Waals surface area contributed by atoms with Crippen LogP contribution < -0.4 is 10.9 Å². The molecule has 4 aromatic heterocycles. The Labute approximate surface area is 245 Å². The number of aromatic nitrogens is 4. The smallest absolute Gasteiger partial charge is 0.197 e. The van der Waals surface area contributed by atoms with Crippen LogP contribution in [0.2, 0.25) is 0 Å². The largest absolute Gasteiger partial charge is 0.354 e. The topological polar surface area (TPSA) is 64.7 Å². The number of nitrogens with one attached hydrogen (secondary N) is 1. The lowest BCUT2D eigenvalue weighted by Gasteiger charge is -2.13. The Morgan fingerprint density at radius 2 is 0.907 bits per heavy atom. The van der Waals surface area contributed by atoms with Gasteiger partial charge in [0, 0.05) is 85.3 Å². The van der Waals surface area contributed by atoms with Gasteiger partial charge in [-0.05, 0) is 62.4 Å². The van der Waals surface area contributed by atoms with Gasteiger partial charge in [-0.3, -0.25) is 9.59 Å². The highest BCUT2D eigenvalue weighted by molar-refractivity contribution is 6.15. The number of hydrogen-bond acceptors (Lipinski definition) is 2. The number of H-pyrrole nitrogens is 1. The van der Waals surface area contributed by atoms with Crippen LogP contribution in [0.5, 0.6) is 0 Å². The zero-order valence-electron chi connectivity index (χ0n) is 24.2. The highest BCUT2D eigenvalue weighted by atomic mass is 16.1. The maximum absolute atomic E-state index is 14.1. The highest BCUT2D eigenvalue weighted by Gasteiger charge is 2.18. The second-order valence-electron chi connectivity index (χ2n) is 11.6. The molecule has 208 valence electrons. The van der Waals surface area contributed by atoms with Gasteiger partial charge < -0.3 is 18.7 Å². The molecule has 4 heterocycles. The van der Waals surface area contributed by atoms with Crippen LogP contribution in [0.3, 0.4) is 0 Å². The van der Waals surface area contributed by atoms with Gasteiger partial charge in [0.1, 0.15) is 0 Å². The molecule has 43 heavy (non-hydrogen) atoms. The van der Waals surface area contributed by atoms with Gasteiger partial charge in [-0.25, -0.2) is 0 Å². The molecule has 0 bridgehead atoms. The number of pyridine rings is 2.